The maximum Gasteiger partial charge on any atom is 0.410 e. The molecule has 0 saturated carbocycles. The van der Waals surface area contributed by atoms with Gasteiger partial charge in [-0.1, -0.05) is 29.8 Å². The second kappa shape index (κ2) is 7.47. The minimum atomic E-state index is -4.53. The second-order valence-corrected chi connectivity index (χ2v) is 7.04. The molecule has 1 amide bonds. The van der Waals surface area contributed by atoms with Gasteiger partial charge in [0.15, 0.2) is 6.04 Å². The summed E-state index contributed by atoms with van der Waals surface area (Å²) in [7, 11) is 0. The number of benzene rings is 1. The second-order valence-electron chi connectivity index (χ2n) is 6.63. The number of carbonyl (C=O) groups excluding carboxylic acids is 1. The van der Waals surface area contributed by atoms with Crippen molar-refractivity contribution < 1.29 is 22.4 Å². The van der Waals surface area contributed by atoms with E-state index in [2.05, 4.69) is 15.7 Å². The van der Waals surface area contributed by atoms with E-state index in [0.717, 1.165) is 10.9 Å². The Balaban J connectivity index is 1.61. The molecule has 1 aliphatic heterocycles. The van der Waals surface area contributed by atoms with Gasteiger partial charge in [-0.2, -0.15) is 18.3 Å². The van der Waals surface area contributed by atoms with Crippen molar-refractivity contribution in [3.05, 3.63) is 70.8 Å². The van der Waals surface area contributed by atoms with Crippen LogP contribution in [-0.2, 0) is 6.54 Å². The third-order valence-corrected chi connectivity index (χ3v) is 5.14. The number of hydrogen-bond donors (Lipinski definition) is 2. The van der Waals surface area contributed by atoms with Gasteiger partial charge in [-0.05, 0) is 23.8 Å². The van der Waals surface area contributed by atoms with Gasteiger partial charge in [0.1, 0.15) is 17.1 Å². The standard InChI is InChI=1S/C19H16ClF3N4O2/c20-13-5-2-1-4-11(13)9-24-18(28)12-10-25-27-16(19(21,22)23)8-14(26-17(12)27)15-6-3-7-29-15/h1-7,10,14,16,26H,8-9H2,(H,24,28)/t14-,16+/m1/s1. The van der Waals surface area contributed by atoms with Crippen molar-refractivity contribution in [3.63, 3.8) is 0 Å². The van der Waals surface area contributed by atoms with Crippen LogP contribution in [0.15, 0.2) is 53.3 Å². The number of hydrogen-bond acceptors (Lipinski definition) is 4. The van der Waals surface area contributed by atoms with Gasteiger partial charge in [-0.3, -0.25) is 4.79 Å². The lowest BCUT2D eigenvalue weighted by atomic mass is 10.0. The Bertz CT molecular complexity index is 1020. The monoisotopic (exact) mass is 424 g/mol. The first kappa shape index (κ1) is 19.4. The highest BCUT2D eigenvalue weighted by Crippen LogP contribution is 2.44. The molecule has 0 bridgehead atoms. The van der Waals surface area contributed by atoms with Gasteiger partial charge in [0.2, 0.25) is 0 Å². The number of aromatic nitrogens is 2. The quantitative estimate of drug-likeness (QED) is 0.635. The Morgan fingerprint density at radius 3 is 2.79 bits per heavy atom. The normalized spacial score (nSPS) is 18.8. The van der Waals surface area contributed by atoms with Crippen LogP contribution in [0.25, 0.3) is 0 Å². The molecular weight excluding hydrogens is 409 g/mol. The zero-order valence-electron chi connectivity index (χ0n) is 14.9. The minimum Gasteiger partial charge on any atom is -0.467 e. The Labute approximate surface area is 168 Å². The molecule has 0 spiro atoms. The summed E-state index contributed by atoms with van der Waals surface area (Å²) < 4.78 is 47.0. The summed E-state index contributed by atoms with van der Waals surface area (Å²) in [6.07, 6.45) is -2.30. The third kappa shape index (κ3) is 3.82. The van der Waals surface area contributed by atoms with Crippen molar-refractivity contribution in [2.24, 2.45) is 0 Å². The summed E-state index contributed by atoms with van der Waals surface area (Å²) in [5.74, 6) is -0.203. The SMILES string of the molecule is O=C(NCc1ccccc1Cl)c1cnn2c1N[C@@H](c1ccco1)C[C@H]2C(F)(F)F. The first-order valence-electron chi connectivity index (χ1n) is 8.80. The third-order valence-electron chi connectivity index (χ3n) is 4.77. The van der Waals surface area contributed by atoms with E-state index >= 15 is 0 Å². The van der Waals surface area contributed by atoms with Gasteiger partial charge in [0, 0.05) is 18.0 Å². The fourth-order valence-corrected chi connectivity index (χ4v) is 3.52. The zero-order chi connectivity index (χ0) is 20.6. The lowest BCUT2D eigenvalue weighted by molar-refractivity contribution is -0.174. The summed E-state index contributed by atoms with van der Waals surface area (Å²) in [6, 6.07) is 7.55. The molecule has 6 nitrogen and oxygen atoms in total. The Kier molecular flexibility index (Phi) is 4.99. The Morgan fingerprint density at radius 1 is 1.31 bits per heavy atom. The van der Waals surface area contributed by atoms with Crippen LogP contribution in [-0.4, -0.2) is 21.9 Å². The first-order chi connectivity index (χ1) is 13.8. The molecule has 1 aliphatic rings. The van der Waals surface area contributed by atoms with Gasteiger partial charge < -0.3 is 15.1 Å². The number of fused-ring (bicyclic) bond motifs is 1. The van der Waals surface area contributed by atoms with Gasteiger partial charge in [0.25, 0.3) is 5.91 Å². The molecule has 3 aromatic rings. The molecular formula is C19H16ClF3N4O2. The van der Waals surface area contributed by atoms with Crippen LogP contribution in [0.4, 0.5) is 19.0 Å². The van der Waals surface area contributed by atoms with Crippen LogP contribution < -0.4 is 10.6 Å². The molecule has 2 N–H and O–H groups in total. The van der Waals surface area contributed by atoms with Crippen molar-refractivity contribution >= 4 is 23.3 Å². The van der Waals surface area contributed by atoms with E-state index in [1.165, 1.54) is 6.26 Å². The number of alkyl halides is 3. The molecule has 10 heteroatoms. The maximum atomic E-state index is 13.6. The van der Waals surface area contributed by atoms with Crippen molar-refractivity contribution in [1.29, 1.82) is 0 Å². The van der Waals surface area contributed by atoms with Crippen molar-refractivity contribution in [3.8, 4) is 0 Å². The summed E-state index contributed by atoms with van der Waals surface area (Å²) in [5.41, 5.74) is 0.709. The van der Waals surface area contributed by atoms with Crippen LogP contribution in [0, 0.1) is 0 Å². The highest BCUT2D eigenvalue weighted by atomic mass is 35.5. The fraction of sp³-hybridized carbons (Fsp3) is 0.263. The lowest BCUT2D eigenvalue weighted by Gasteiger charge is -2.32. The highest BCUT2D eigenvalue weighted by Gasteiger charge is 2.47. The number of furan rings is 1. The highest BCUT2D eigenvalue weighted by molar-refractivity contribution is 6.31. The number of anilines is 1. The molecule has 2 aromatic heterocycles. The summed E-state index contributed by atoms with van der Waals surface area (Å²) in [4.78, 5) is 12.7. The van der Waals surface area contributed by atoms with Gasteiger partial charge in [0.05, 0.1) is 18.5 Å². The van der Waals surface area contributed by atoms with Crippen LogP contribution in [0.3, 0.4) is 0 Å². The molecule has 0 unspecified atom stereocenters. The predicted molar refractivity (Wildman–Crippen MR) is 99.6 cm³/mol. The minimum absolute atomic E-state index is 0.00312. The number of nitrogens with one attached hydrogen (secondary N) is 2. The molecule has 152 valence electrons. The first-order valence-corrected chi connectivity index (χ1v) is 9.18. The predicted octanol–water partition coefficient (Wildman–Crippen LogP) is 4.72. The summed E-state index contributed by atoms with van der Waals surface area (Å²) in [6.45, 7) is 0.132. The number of halogens is 4. The van der Waals surface area contributed by atoms with Crippen LogP contribution in [0.2, 0.25) is 5.02 Å². The van der Waals surface area contributed by atoms with Crippen molar-refractivity contribution in [2.75, 3.05) is 5.32 Å². The maximum absolute atomic E-state index is 13.6. The van der Waals surface area contributed by atoms with Gasteiger partial charge >= 0.3 is 6.18 Å². The van der Waals surface area contributed by atoms with E-state index in [0.29, 0.717) is 16.3 Å². The van der Waals surface area contributed by atoms with Gasteiger partial charge in [-0.25, -0.2) is 4.68 Å². The topological polar surface area (TPSA) is 72.1 Å². The van der Waals surface area contributed by atoms with Crippen LogP contribution in [0.5, 0.6) is 0 Å². The van der Waals surface area contributed by atoms with Crippen LogP contribution >= 0.6 is 11.6 Å². The molecule has 2 atom stereocenters. The molecule has 4 rings (SSSR count). The molecule has 29 heavy (non-hydrogen) atoms. The Hall–Kier alpha value is -2.94. The Morgan fingerprint density at radius 2 is 2.10 bits per heavy atom. The zero-order valence-corrected chi connectivity index (χ0v) is 15.7. The van der Waals surface area contributed by atoms with E-state index in [9.17, 15) is 18.0 Å². The molecule has 0 radical (unpaired) electrons. The molecule has 0 fully saturated rings. The average Bonchev–Trinajstić information content (AvgIpc) is 3.35. The van der Waals surface area contributed by atoms with Crippen molar-refractivity contribution in [2.45, 2.75) is 31.2 Å². The van der Waals surface area contributed by atoms with E-state index in [1.807, 2.05) is 0 Å². The van der Waals surface area contributed by atoms with Crippen molar-refractivity contribution in [1.82, 2.24) is 15.1 Å². The molecule has 3 heterocycles. The lowest BCUT2D eigenvalue weighted by Crippen LogP contribution is -2.36. The smallest absolute Gasteiger partial charge is 0.410 e. The number of rotatable bonds is 4. The number of nitrogens with zero attached hydrogens (tertiary/aromatic N) is 2. The van der Waals surface area contributed by atoms with Crippen LogP contribution in [0.1, 0.15) is 40.2 Å². The largest absolute Gasteiger partial charge is 0.467 e. The fourth-order valence-electron chi connectivity index (χ4n) is 3.32. The summed E-state index contributed by atoms with van der Waals surface area (Å²) >= 11 is 6.08. The van der Waals surface area contributed by atoms with E-state index in [1.54, 1.807) is 36.4 Å². The molecule has 0 saturated heterocycles. The van der Waals surface area contributed by atoms with E-state index < -0.39 is 24.2 Å². The van der Waals surface area contributed by atoms with Gasteiger partial charge in [-0.15, -0.1) is 0 Å². The molecule has 1 aromatic carbocycles. The van der Waals surface area contributed by atoms with E-state index in [-0.39, 0.29) is 24.3 Å². The molecule has 0 aliphatic carbocycles. The number of amides is 1. The summed E-state index contributed by atoms with van der Waals surface area (Å²) in [5, 5.41) is 9.95. The van der Waals surface area contributed by atoms with E-state index in [4.69, 9.17) is 16.0 Å². The average molecular weight is 425 g/mol. The number of carbonyl (C=O) groups is 1.